The van der Waals surface area contributed by atoms with Crippen molar-refractivity contribution < 1.29 is 18.4 Å². The topological polar surface area (TPSA) is 49.4 Å². The van der Waals surface area contributed by atoms with Gasteiger partial charge in [-0.2, -0.15) is 0 Å². The predicted octanol–water partition coefficient (Wildman–Crippen LogP) is 5.90. The van der Waals surface area contributed by atoms with Crippen LogP contribution in [0.2, 0.25) is 0 Å². The molecule has 2 amide bonds. The summed E-state index contributed by atoms with van der Waals surface area (Å²) in [5.41, 5.74) is 2.22. The number of hydrogen-bond acceptors (Lipinski definition) is 3. The van der Waals surface area contributed by atoms with Gasteiger partial charge in [0.25, 0.3) is 0 Å². The minimum Gasteiger partial charge on any atom is -0.352 e. The lowest BCUT2D eigenvalue weighted by Crippen LogP contribution is -2.52. The van der Waals surface area contributed by atoms with Crippen molar-refractivity contribution in [1.82, 2.24) is 10.2 Å². The summed E-state index contributed by atoms with van der Waals surface area (Å²) in [5, 5.41) is 3.17. The van der Waals surface area contributed by atoms with Crippen molar-refractivity contribution in [2.24, 2.45) is 0 Å². The molecule has 3 aromatic rings. The van der Waals surface area contributed by atoms with Gasteiger partial charge < -0.3 is 10.2 Å². The highest BCUT2D eigenvalue weighted by Crippen LogP contribution is 2.22. The Balaban J connectivity index is 1.56. The van der Waals surface area contributed by atoms with Gasteiger partial charge in [-0.05, 0) is 47.7 Å². The summed E-state index contributed by atoms with van der Waals surface area (Å²) in [6.45, 7) is 0.176. The Morgan fingerprint density at radius 1 is 0.892 bits per heavy atom. The highest BCUT2D eigenvalue weighted by atomic mass is 32.2. The maximum absolute atomic E-state index is 14.1. The van der Waals surface area contributed by atoms with E-state index in [1.54, 1.807) is 35.2 Å². The van der Waals surface area contributed by atoms with Gasteiger partial charge in [-0.15, -0.1) is 11.8 Å². The molecular formula is C30H32F2N2O2S. The number of carbonyl (C=O) groups excluding carboxylic acids is 2. The number of rotatable bonds is 11. The zero-order chi connectivity index (χ0) is 26.0. The highest BCUT2D eigenvalue weighted by molar-refractivity contribution is 7.99. The minimum atomic E-state index is -0.727. The third kappa shape index (κ3) is 7.89. The molecule has 0 bridgehead atoms. The van der Waals surface area contributed by atoms with Crippen LogP contribution in [-0.4, -0.2) is 34.6 Å². The molecule has 4 rings (SSSR count). The van der Waals surface area contributed by atoms with Crippen LogP contribution in [0.5, 0.6) is 0 Å². The number of benzene rings is 3. The zero-order valence-electron chi connectivity index (χ0n) is 20.7. The number of nitrogens with zero attached hydrogens (tertiary/aromatic N) is 1. The number of halogens is 2. The van der Waals surface area contributed by atoms with Crippen LogP contribution in [0.3, 0.4) is 0 Å². The highest BCUT2D eigenvalue weighted by Gasteiger charge is 2.32. The van der Waals surface area contributed by atoms with Crippen LogP contribution in [0.4, 0.5) is 8.78 Å². The standard InChI is InChI=1S/C30H32F2N2O2S/c31-25-16-14-23(15-17-25)19-34(29(35)21-37-20-24-10-4-7-13-27(24)32)28(18-22-8-2-1-3-9-22)30(36)33-26-11-5-6-12-26/h1-4,7-10,13-17,26,28H,5-6,11-12,18-21H2,(H,33,36)/t28-/m1/s1. The summed E-state index contributed by atoms with van der Waals surface area (Å²) in [6, 6.07) is 21.5. The molecule has 0 spiro atoms. The molecule has 7 heteroatoms. The number of carbonyl (C=O) groups is 2. The molecule has 4 nitrogen and oxygen atoms in total. The summed E-state index contributed by atoms with van der Waals surface area (Å²) in [7, 11) is 0. The fourth-order valence-corrected chi connectivity index (χ4v) is 5.55. The third-order valence-electron chi connectivity index (χ3n) is 6.68. The lowest BCUT2D eigenvalue weighted by molar-refractivity contribution is -0.139. The van der Waals surface area contributed by atoms with E-state index in [1.165, 1.54) is 30.0 Å². The molecule has 1 atom stereocenters. The van der Waals surface area contributed by atoms with E-state index in [-0.39, 0.29) is 41.8 Å². The van der Waals surface area contributed by atoms with Gasteiger partial charge in [-0.25, -0.2) is 8.78 Å². The summed E-state index contributed by atoms with van der Waals surface area (Å²) in [6.07, 6.45) is 4.41. The van der Waals surface area contributed by atoms with Crippen LogP contribution < -0.4 is 5.32 Å². The first-order chi connectivity index (χ1) is 18.0. The number of amides is 2. The van der Waals surface area contributed by atoms with Crippen molar-refractivity contribution in [2.75, 3.05) is 5.75 Å². The van der Waals surface area contributed by atoms with E-state index >= 15 is 0 Å². The zero-order valence-corrected chi connectivity index (χ0v) is 21.6. The van der Waals surface area contributed by atoms with E-state index in [9.17, 15) is 18.4 Å². The Kier molecular flexibility index (Phi) is 9.71. The summed E-state index contributed by atoms with van der Waals surface area (Å²) in [5.74, 6) is -0.610. The monoisotopic (exact) mass is 522 g/mol. The van der Waals surface area contributed by atoms with Crippen molar-refractivity contribution in [1.29, 1.82) is 0 Å². The van der Waals surface area contributed by atoms with Crippen molar-refractivity contribution in [3.63, 3.8) is 0 Å². The quantitative estimate of drug-likeness (QED) is 0.341. The molecule has 3 aromatic carbocycles. The van der Waals surface area contributed by atoms with Crippen molar-refractivity contribution in [3.8, 4) is 0 Å². The van der Waals surface area contributed by atoms with E-state index in [4.69, 9.17) is 0 Å². The molecule has 0 saturated heterocycles. The van der Waals surface area contributed by atoms with Crippen LogP contribution in [0, 0.1) is 11.6 Å². The SMILES string of the molecule is O=C(NC1CCCC1)[C@@H](Cc1ccccc1)N(Cc1ccc(F)cc1)C(=O)CSCc1ccccc1F. The van der Waals surface area contributed by atoms with Crippen LogP contribution in [0.1, 0.15) is 42.4 Å². The lowest BCUT2D eigenvalue weighted by Gasteiger charge is -2.32. The fourth-order valence-electron chi connectivity index (χ4n) is 4.65. The predicted molar refractivity (Wildman–Crippen MR) is 144 cm³/mol. The maximum Gasteiger partial charge on any atom is 0.243 e. The van der Waals surface area contributed by atoms with Crippen molar-refractivity contribution in [2.45, 2.75) is 56.5 Å². The molecule has 0 aromatic heterocycles. The van der Waals surface area contributed by atoms with E-state index < -0.39 is 6.04 Å². The molecule has 194 valence electrons. The number of thioether (sulfide) groups is 1. The number of nitrogens with one attached hydrogen (secondary N) is 1. The van der Waals surface area contributed by atoms with Crippen LogP contribution in [-0.2, 0) is 28.3 Å². The summed E-state index contributed by atoms with van der Waals surface area (Å²) >= 11 is 1.32. The third-order valence-corrected chi connectivity index (χ3v) is 7.65. The fraction of sp³-hybridized carbons (Fsp3) is 0.333. The van der Waals surface area contributed by atoms with Crippen molar-refractivity contribution >= 4 is 23.6 Å². The van der Waals surface area contributed by atoms with E-state index in [0.717, 1.165) is 36.8 Å². The molecule has 1 aliphatic rings. The van der Waals surface area contributed by atoms with Gasteiger partial charge in [0.05, 0.1) is 5.75 Å². The normalized spacial score (nSPS) is 14.3. The maximum atomic E-state index is 14.1. The summed E-state index contributed by atoms with van der Waals surface area (Å²) in [4.78, 5) is 28.8. The molecule has 0 radical (unpaired) electrons. The largest absolute Gasteiger partial charge is 0.352 e. The first-order valence-corrected chi connectivity index (χ1v) is 13.8. The first-order valence-electron chi connectivity index (χ1n) is 12.7. The lowest BCUT2D eigenvalue weighted by atomic mass is 10.0. The molecule has 1 N–H and O–H groups in total. The molecule has 0 aliphatic heterocycles. The van der Waals surface area contributed by atoms with Gasteiger partial charge in [-0.1, -0.05) is 73.5 Å². The molecule has 1 fully saturated rings. The molecule has 37 heavy (non-hydrogen) atoms. The van der Waals surface area contributed by atoms with Crippen LogP contribution in [0.25, 0.3) is 0 Å². The molecular weight excluding hydrogens is 490 g/mol. The number of hydrogen-bond donors (Lipinski definition) is 1. The average Bonchev–Trinajstić information content (AvgIpc) is 3.42. The van der Waals surface area contributed by atoms with E-state index in [2.05, 4.69) is 5.32 Å². The Morgan fingerprint density at radius 2 is 1.57 bits per heavy atom. The van der Waals surface area contributed by atoms with Gasteiger partial charge in [0.15, 0.2) is 0 Å². The second-order valence-electron chi connectivity index (χ2n) is 9.43. The second kappa shape index (κ2) is 13.4. The Bertz CT molecular complexity index is 1170. The van der Waals surface area contributed by atoms with Gasteiger partial charge in [0, 0.05) is 24.8 Å². The van der Waals surface area contributed by atoms with Crippen LogP contribution in [0.15, 0.2) is 78.9 Å². The van der Waals surface area contributed by atoms with E-state index in [1.807, 2.05) is 30.3 Å². The van der Waals surface area contributed by atoms with Gasteiger partial charge in [-0.3, -0.25) is 9.59 Å². The van der Waals surface area contributed by atoms with Crippen LogP contribution >= 0.6 is 11.8 Å². The van der Waals surface area contributed by atoms with Gasteiger partial charge in [0.2, 0.25) is 11.8 Å². The minimum absolute atomic E-state index is 0.0948. The molecule has 0 unspecified atom stereocenters. The Morgan fingerprint density at radius 3 is 2.27 bits per heavy atom. The summed E-state index contributed by atoms with van der Waals surface area (Å²) < 4.78 is 27.6. The Labute approximate surface area is 221 Å². The van der Waals surface area contributed by atoms with Crippen molar-refractivity contribution in [3.05, 3.63) is 107 Å². The average molecular weight is 523 g/mol. The van der Waals surface area contributed by atoms with Gasteiger partial charge in [0.1, 0.15) is 17.7 Å². The first kappa shape index (κ1) is 26.9. The molecule has 1 saturated carbocycles. The smallest absolute Gasteiger partial charge is 0.243 e. The van der Waals surface area contributed by atoms with E-state index in [0.29, 0.717) is 17.7 Å². The molecule has 0 heterocycles. The second-order valence-corrected chi connectivity index (χ2v) is 10.4. The Hall–Kier alpha value is -3.19. The molecule has 1 aliphatic carbocycles. The van der Waals surface area contributed by atoms with Gasteiger partial charge >= 0.3 is 0 Å².